The van der Waals surface area contributed by atoms with Crippen LogP contribution in [0, 0.1) is 0 Å². The average molecular weight is 184 g/mol. The molecule has 1 aliphatic rings. The average Bonchev–Trinajstić information content (AvgIpc) is 2.29. The highest BCUT2D eigenvalue weighted by molar-refractivity contribution is 4.87. The molecule has 0 aromatic rings. The smallest absolute Gasteiger partial charge is 0.0277 e. The Bertz CT molecular complexity index is 147. The Morgan fingerprint density at radius 3 is 2.77 bits per heavy atom. The minimum absolute atomic E-state index is 0.353. The third kappa shape index (κ3) is 3.28. The lowest BCUT2D eigenvalue weighted by Crippen LogP contribution is -2.48. The molecular weight excluding hydrogens is 160 g/mol. The maximum atomic E-state index is 3.65. The molecule has 0 aromatic heterocycles. The molecular formula is C11H24N2. The van der Waals surface area contributed by atoms with E-state index < -0.39 is 0 Å². The van der Waals surface area contributed by atoms with Crippen LogP contribution in [-0.2, 0) is 0 Å². The molecule has 0 aliphatic carbocycles. The van der Waals surface area contributed by atoms with E-state index in [1.54, 1.807) is 0 Å². The van der Waals surface area contributed by atoms with Crippen molar-refractivity contribution in [3.8, 4) is 0 Å². The van der Waals surface area contributed by atoms with Crippen molar-refractivity contribution in [2.75, 3.05) is 26.2 Å². The lowest BCUT2D eigenvalue weighted by Gasteiger charge is -2.32. The van der Waals surface area contributed by atoms with Gasteiger partial charge in [0.05, 0.1) is 0 Å². The summed E-state index contributed by atoms with van der Waals surface area (Å²) < 4.78 is 0. The minimum atomic E-state index is 0.353. The van der Waals surface area contributed by atoms with Gasteiger partial charge in [-0.25, -0.2) is 0 Å². The van der Waals surface area contributed by atoms with Gasteiger partial charge in [-0.1, -0.05) is 13.8 Å². The third-order valence-electron chi connectivity index (χ3n) is 3.10. The molecule has 1 aliphatic heterocycles. The van der Waals surface area contributed by atoms with Crippen LogP contribution in [0.4, 0.5) is 0 Å². The lowest BCUT2D eigenvalue weighted by molar-refractivity contribution is 0.215. The molecule has 1 fully saturated rings. The topological polar surface area (TPSA) is 15.3 Å². The number of nitrogens with zero attached hydrogens (tertiary/aromatic N) is 1. The highest BCUT2D eigenvalue weighted by Gasteiger charge is 2.26. The monoisotopic (exact) mass is 184 g/mol. The van der Waals surface area contributed by atoms with Crippen LogP contribution in [0.25, 0.3) is 0 Å². The molecule has 0 bridgehead atoms. The number of rotatable bonds is 3. The van der Waals surface area contributed by atoms with E-state index in [-0.39, 0.29) is 0 Å². The van der Waals surface area contributed by atoms with Crippen molar-refractivity contribution < 1.29 is 0 Å². The summed E-state index contributed by atoms with van der Waals surface area (Å²) in [5, 5.41) is 3.65. The van der Waals surface area contributed by atoms with Crippen LogP contribution >= 0.6 is 0 Å². The molecule has 2 nitrogen and oxygen atoms in total. The molecule has 1 N–H and O–H groups in total. The molecule has 1 atom stereocenters. The van der Waals surface area contributed by atoms with Crippen LogP contribution in [0.1, 0.15) is 40.0 Å². The molecule has 1 heterocycles. The first-order valence-electron chi connectivity index (χ1n) is 5.67. The number of nitrogens with one attached hydrogen (secondary N) is 1. The molecule has 1 unspecified atom stereocenters. The first kappa shape index (κ1) is 11.0. The van der Waals surface area contributed by atoms with Crippen LogP contribution in [0.5, 0.6) is 0 Å². The van der Waals surface area contributed by atoms with Crippen LogP contribution in [0.15, 0.2) is 0 Å². The van der Waals surface area contributed by atoms with Crippen molar-refractivity contribution >= 4 is 0 Å². The highest BCUT2D eigenvalue weighted by Crippen LogP contribution is 2.14. The Balaban J connectivity index is 2.49. The van der Waals surface area contributed by atoms with Gasteiger partial charge < -0.3 is 10.2 Å². The second-order valence-electron chi connectivity index (χ2n) is 4.47. The van der Waals surface area contributed by atoms with Crippen LogP contribution in [-0.4, -0.2) is 36.6 Å². The Labute approximate surface area is 82.7 Å². The second-order valence-corrected chi connectivity index (χ2v) is 4.47. The van der Waals surface area contributed by atoms with Gasteiger partial charge in [0.15, 0.2) is 0 Å². The van der Waals surface area contributed by atoms with Gasteiger partial charge >= 0.3 is 0 Å². The van der Waals surface area contributed by atoms with E-state index in [4.69, 9.17) is 0 Å². The zero-order valence-electron chi connectivity index (χ0n) is 9.40. The van der Waals surface area contributed by atoms with Gasteiger partial charge in [0.1, 0.15) is 0 Å². The summed E-state index contributed by atoms with van der Waals surface area (Å²) in [4.78, 5) is 2.60. The van der Waals surface area contributed by atoms with Crippen LogP contribution < -0.4 is 5.32 Å². The van der Waals surface area contributed by atoms with E-state index in [9.17, 15) is 0 Å². The Morgan fingerprint density at radius 1 is 1.38 bits per heavy atom. The van der Waals surface area contributed by atoms with E-state index in [1.807, 2.05) is 0 Å². The zero-order chi connectivity index (χ0) is 9.73. The van der Waals surface area contributed by atoms with Gasteiger partial charge in [-0.05, 0) is 45.8 Å². The Kier molecular flexibility index (Phi) is 4.20. The van der Waals surface area contributed by atoms with Gasteiger partial charge in [-0.15, -0.1) is 0 Å². The third-order valence-corrected chi connectivity index (χ3v) is 3.10. The fraction of sp³-hybridized carbons (Fsp3) is 1.00. The number of hydrogen-bond donors (Lipinski definition) is 1. The molecule has 2 heteroatoms. The van der Waals surface area contributed by atoms with Gasteiger partial charge in [-0.3, -0.25) is 0 Å². The predicted molar refractivity (Wildman–Crippen MR) is 58.0 cm³/mol. The highest BCUT2D eigenvalue weighted by atomic mass is 15.2. The maximum Gasteiger partial charge on any atom is 0.0277 e. The van der Waals surface area contributed by atoms with E-state index in [2.05, 4.69) is 31.0 Å². The first-order valence-corrected chi connectivity index (χ1v) is 5.67. The molecule has 78 valence electrons. The maximum absolute atomic E-state index is 3.65. The minimum Gasteiger partial charge on any atom is -0.310 e. The lowest BCUT2D eigenvalue weighted by atomic mass is 9.98. The van der Waals surface area contributed by atoms with E-state index in [1.165, 1.54) is 45.4 Å². The second kappa shape index (κ2) is 4.97. The van der Waals surface area contributed by atoms with Gasteiger partial charge in [-0.2, -0.15) is 0 Å². The van der Waals surface area contributed by atoms with Crippen molar-refractivity contribution in [2.24, 2.45) is 0 Å². The summed E-state index contributed by atoms with van der Waals surface area (Å²) in [6, 6.07) is 0. The normalized spacial score (nSPS) is 31.6. The summed E-state index contributed by atoms with van der Waals surface area (Å²) in [5.74, 6) is 0. The van der Waals surface area contributed by atoms with Gasteiger partial charge in [0.2, 0.25) is 0 Å². The zero-order valence-corrected chi connectivity index (χ0v) is 9.40. The van der Waals surface area contributed by atoms with Crippen molar-refractivity contribution in [2.45, 2.75) is 45.6 Å². The molecule has 0 aromatic carbocycles. The molecule has 0 spiro atoms. The molecule has 0 saturated carbocycles. The predicted octanol–water partition coefficient (Wildman–Crippen LogP) is 1.86. The summed E-state index contributed by atoms with van der Waals surface area (Å²) in [6.07, 6.45) is 3.81. The van der Waals surface area contributed by atoms with Gasteiger partial charge in [0.25, 0.3) is 0 Å². The van der Waals surface area contributed by atoms with E-state index >= 15 is 0 Å². The van der Waals surface area contributed by atoms with E-state index in [0.29, 0.717) is 5.54 Å². The SMILES string of the molecule is CCCN1CCCNC(C)(CC)C1. The van der Waals surface area contributed by atoms with Crippen LogP contribution in [0.2, 0.25) is 0 Å². The summed E-state index contributed by atoms with van der Waals surface area (Å²) in [5.41, 5.74) is 0.353. The van der Waals surface area contributed by atoms with Crippen molar-refractivity contribution in [1.82, 2.24) is 10.2 Å². The molecule has 1 saturated heterocycles. The van der Waals surface area contributed by atoms with Gasteiger partial charge in [0, 0.05) is 12.1 Å². The van der Waals surface area contributed by atoms with Crippen molar-refractivity contribution in [1.29, 1.82) is 0 Å². The number of hydrogen-bond acceptors (Lipinski definition) is 2. The molecule has 13 heavy (non-hydrogen) atoms. The quantitative estimate of drug-likeness (QED) is 0.720. The largest absolute Gasteiger partial charge is 0.310 e. The molecule has 0 radical (unpaired) electrons. The molecule has 1 rings (SSSR count). The van der Waals surface area contributed by atoms with Crippen molar-refractivity contribution in [3.05, 3.63) is 0 Å². The fourth-order valence-electron chi connectivity index (χ4n) is 2.07. The Morgan fingerprint density at radius 2 is 2.15 bits per heavy atom. The van der Waals surface area contributed by atoms with Crippen LogP contribution in [0.3, 0.4) is 0 Å². The fourth-order valence-corrected chi connectivity index (χ4v) is 2.07. The Hall–Kier alpha value is -0.0800. The van der Waals surface area contributed by atoms with E-state index in [0.717, 1.165) is 0 Å². The summed E-state index contributed by atoms with van der Waals surface area (Å²) >= 11 is 0. The van der Waals surface area contributed by atoms with Crippen molar-refractivity contribution in [3.63, 3.8) is 0 Å². The molecule has 0 amide bonds. The standard InChI is InChI=1S/C11H24N2/c1-4-8-13-9-6-7-12-11(3,5-2)10-13/h12H,4-10H2,1-3H3. The first-order chi connectivity index (χ1) is 6.20. The summed E-state index contributed by atoms with van der Waals surface area (Å²) in [6.45, 7) is 11.8. The summed E-state index contributed by atoms with van der Waals surface area (Å²) in [7, 11) is 0.